The number of aliphatic hydroxyl groups is 7. The highest BCUT2D eigenvalue weighted by Gasteiger charge is 2.49. The highest BCUT2D eigenvalue weighted by Crippen LogP contribution is 2.33. The summed E-state index contributed by atoms with van der Waals surface area (Å²) in [5.74, 6) is -1.85. The van der Waals surface area contributed by atoms with Crippen LogP contribution in [0.5, 0.6) is 0 Å². The molecule has 3 saturated heterocycles. The standard InChI is InChI=1S/C40H80N2O17/c1-24-29(20-54-15-26(44)14-42(5,6)7)57-34(19-52-10)40(35(24)45)56-23-31-27(16-50-8)36(46)39(49)33(59-31)22-55-17-28-30(58-32(18-51-9)38(48)37(28)47)21-53-12-11-25(43)13-41(2,3)4/h24-40,43-49H,11-23H2,1-10H3/q+2. The first-order valence-electron chi connectivity index (χ1n) is 20.9. The molecule has 0 aliphatic carbocycles. The average Bonchev–Trinajstić information content (AvgIpc) is 3.13. The molecule has 0 aromatic carbocycles. The van der Waals surface area contributed by atoms with Crippen molar-refractivity contribution in [2.24, 2.45) is 17.8 Å². The molecule has 17 atom stereocenters. The number of hydrogen-bond acceptors (Lipinski definition) is 17. The summed E-state index contributed by atoms with van der Waals surface area (Å²) in [7, 11) is 16.4. The van der Waals surface area contributed by atoms with Crippen molar-refractivity contribution in [3.63, 3.8) is 0 Å². The van der Waals surface area contributed by atoms with Crippen molar-refractivity contribution in [2.75, 3.05) is 143 Å². The molecular formula is C40H80N2O17+2. The van der Waals surface area contributed by atoms with Gasteiger partial charge >= 0.3 is 0 Å². The lowest BCUT2D eigenvalue weighted by atomic mass is 9.86. The van der Waals surface area contributed by atoms with Crippen molar-refractivity contribution in [3.05, 3.63) is 0 Å². The normalized spacial score (nSPS) is 37.1. The van der Waals surface area contributed by atoms with Crippen LogP contribution in [-0.4, -0.2) is 273 Å². The summed E-state index contributed by atoms with van der Waals surface area (Å²) in [6.07, 6.45) is -12.3. The van der Waals surface area contributed by atoms with Crippen LogP contribution in [0.15, 0.2) is 0 Å². The fourth-order valence-corrected chi connectivity index (χ4v) is 8.10. The van der Waals surface area contributed by atoms with Gasteiger partial charge in [-0.3, -0.25) is 0 Å². The highest BCUT2D eigenvalue weighted by atomic mass is 16.6. The van der Waals surface area contributed by atoms with Gasteiger partial charge < -0.3 is 92.1 Å². The van der Waals surface area contributed by atoms with Crippen molar-refractivity contribution in [1.29, 1.82) is 0 Å². The Labute approximate surface area is 351 Å². The number of nitrogens with zero attached hydrogens (tertiary/aromatic N) is 2. The molecule has 0 aromatic heterocycles. The maximum absolute atomic E-state index is 11.5. The van der Waals surface area contributed by atoms with Crippen LogP contribution in [0, 0.1) is 17.8 Å². The van der Waals surface area contributed by atoms with Crippen LogP contribution < -0.4 is 0 Å². The summed E-state index contributed by atoms with van der Waals surface area (Å²) in [6, 6.07) is 0. The molecular weight excluding hydrogens is 780 g/mol. The zero-order valence-electron chi connectivity index (χ0n) is 37.1. The zero-order chi connectivity index (χ0) is 44.1. The minimum atomic E-state index is -1.36. The second-order valence-electron chi connectivity index (χ2n) is 18.6. The van der Waals surface area contributed by atoms with E-state index in [-0.39, 0.29) is 66.1 Å². The quantitative estimate of drug-likeness (QED) is 0.0337. The Morgan fingerprint density at radius 2 is 0.966 bits per heavy atom. The Kier molecular flexibility index (Phi) is 22.2. The van der Waals surface area contributed by atoms with E-state index in [4.69, 9.17) is 47.4 Å². The van der Waals surface area contributed by atoms with Crippen LogP contribution in [0.4, 0.5) is 0 Å². The third-order valence-corrected chi connectivity index (χ3v) is 11.2. The van der Waals surface area contributed by atoms with Gasteiger partial charge in [0.05, 0.1) is 138 Å². The summed E-state index contributed by atoms with van der Waals surface area (Å²) in [5, 5.41) is 76.7. The van der Waals surface area contributed by atoms with Gasteiger partial charge in [-0.15, -0.1) is 0 Å². The molecule has 3 fully saturated rings. The summed E-state index contributed by atoms with van der Waals surface area (Å²) in [4.78, 5) is 0. The van der Waals surface area contributed by atoms with Crippen LogP contribution in [0.25, 0.3) is 0 Å². The number of hydrogen-bond donors (Lipinski definition) is 7. The smallest absolute Gasteiger partial charge is 0.126 e. The molecule has 19 heteroatoms. The predicted molar refractivity (Wildman–Crippen MR) is 212 cm³/mol. The molecule has 17 unspecified atom stereocenters. The van der Waals surface area contributed by atoms with E-state index in [0.29, 0.717) is 28.5 Å². The number of likely N-dealkylation sites (N-methyl/N-ethyl adjacent to an activating group) is 2. The van der Waals surface area contributed by atoms with E-state index in [1.165, 1.54) is 21.3 Å². The highest BCUT2D eigenvalue weighted by molar-refractivity contribution is 4.96. The molecule has 59 heavy (non-hydrogen) atoms. The maximum atomic E-state index is 11.5. The molecule has 0 radical (unpaired) electrons. The van der Waals surface area contributed by atoms with Crippen molar-refractivity contribution >= 4 is 0 Å². The maximum Gasteiger partial charge on any atom is 0.126 e. The molecule has 3 rings (SSSR count). The van der Waals surface area contributed by atoms with E-state index in [0.717, 1.165) is 0 Å². The molecule has 3 aliphatic heterocycles. The van der Waals surface area contributed by atoms with E-state index in [1.54, 1.807) is 0 Å². The lowest BCUT2D eigenvalue weighted by Crippen LogP contribution is -2.60. The Balaban J connectivity index is 1.63. The van der Waals surface area contributed by atoms with Crippen LogP contribution in [0.3, 0.4) is 0 Å². The van der Waals surface area contributed by atoms with Crippen LogP contribution >= 0.6 is 0 Å². The van der Waals surface area contributed by atoms with Gasteiger partial charge in [0, 0.05) is 52.1 Å². The van der Waals surface area contributed by atoms with Gasteiger partial charge in [-0.05, 0) is 0 Å². The summed E-state index contributed by atoms with van der Waals surface area (Å²) in [5.41, 5.74) is 0. The Morgan fingerprint density at radius 1 is 0.492 bits per heavy atom. The van der Waals surface area contributed by atoms with Gasteiger partial charge in [-0.2, -0.15) is 0 Å². The molecule has 3 aliphatic rings. The third-order valence-electron chi connectivity index (χ3n) is 11.2. The lowest BCUT2D eigenvalue weighted by molar-refractivity contribution is -0.873. The van der Waals surface area contributed by atoms with Crippen molar-refractivity contribution in [3.8, 4) is 0 Å². The van der Waals surface area contributed by atoms with Gasteiger partial charge in [-0.25, -0.2) is 0 Å². The summed E-state index contributed by atoms with van der Waals surface area (Å²) < 4.78 is 60.0. The van der Waals surface area contributed by atoms with E-state index < -0.39 is 103 Å². The van der Waals surface area contributed by atoms with Gasteiger partial charge in [0.2, 0.25) is 0 Å². The predicted octanol–water partition coefficient (Wildman–Crippen LogP) is -3.14. The van der Waals surface area contributed by atoms with E-state index in [2.05, 4.69) is 0 Å². The number of aliphatic hydroxyl groups excluding tert-OH is 7. The monoisotopic (exact) mass is 861 g/mol. The molecule has 0 amide bonds. The van der Waals surface area contributed by atoms with Gasteiger partial charge in [0.15, 0.2) is 0 Å². The molecule has 350 valence electrons. The van der Waals surface area contributed by atoms with Crippen LogP contribution in [0.2, 0.25) is 0 Å². The molecule has 3 heterocycles. The van der Waals surface area contributed by atoms with Crippen LogP contribution in [-0.2, 0) is 47.4 Å². The van der Waals surface area contributed by atoms with E-state index in [9.17, 15) is 35.7 Å². The first kappa shape index (κ1) is 52.6. The topological polar surface area (TPSA) is 234 Å². The Hall–Kier alpha value is -0.760. The Bertz CT molecular complexity index is 1150. The Morgan fingerprint density at radius 3 is 1.54 bits per heavy atom. The minimum Gasteiger partial charge on any atom is -0.390 e. The van der Waals surface area contributed by atoms with Crippen LogP contribution in [0.1, 0.15) is 13.3 Å². The first-order valence-corrected chi connectivity index (χ1v) is 20.9. The van der Waals surface area contributed by atoms with Crippen molar-refractivity contribution < 1.29 is 92.1 Å². The van der Waals surface area contributed by atoms with Crippen molar-refractivity contribution in [2.45, 2.75) is 98.8 Å². The van der Waals surface area contributed by atoms with Gasteiger partial charge in [0.1, 0.15) is 61.9 Å². The van der Waals surface area contributed by atoms with Gasteiger partial charge in [-0.1, -0.05) is 6.92 Å². The second kappa shape index (κ2) is 24.9. The minimum absolute atomic E-state index is 0.0426. The second-order valence-corrected chi connectivity index (χ2v) is 18.6. The molecule has 0 bridgehead atoms. The number of ether oxygens (including phenoxy) is 10. The number of methoxy groups -OCH3 is 3. The molecule has 7 N–H and O–H groups in total. The van der Waals surface area contributed by atoms with E-state index >= 15 is 0 Å². The average molecular weight is 861 g/mol. The van der Waals surface area contributed by atoms with Gasteiger partial charge in [0.25, 0.3) is 0 Å². The van der Waals surface area contributed by atoms with E-state index in [1.807, 2.05) is 49.2 Å². The number of quaternary nitrogens is 2. The molecule has 0 saturated carbocycles. The van der Waals surface area contributed by atoms with Crippen molar-refractivity contribution in [1.82, 2.24) is 0 Å². The fraction of sp³-hybridized carbons (Fsp3) is 1.00. The summed E-state index contributed by atoms with van der Waals surface area (Å²) >= 11 is 0. The molecule has 0 spiro atoms. The third kappa shape index (κ3) is 16.7. The lowest BCUT2D eigenvalue weighted by Gasteiger charge is -2.46. The summed E-state index contributed by atoms with van der Waals surface area (Å²) in [6.45, 7) is 3.28. The largest absolute Gasteiger partial charge is 0.390 e. The molecule has 0 aromatic rings. The molecule has 19 nitrogen and oxygen atoms in total. The zero-order valence-corrected chi connectivity index (χ0v) is 37.1. The first-order chi connectivity index (χ1) is 27.7. The number of rotatable bonds is 26. The fourth-order valence-electron chi connectivity index (χ4n) is 8.10. The SMILES string of the molecule is COCC1OC(COCCC(O)C[N+](C)(C)C)C(COCC2OC(COC3C(COC)OC(COCC(O)C[N+](C)(C)C)C(C)C3O)C(COC)C(O)C2O)C(O)C1O.